The third-order valence-corrected chi connectivity index (χ3v) is 7.13. The molecule has 4 unspecified atom stereocenters. The van der Waals surface area contributed by atoms with Gasteiger partial charge in [0, 0.05) is 0 Å². The summed E-state index contributed by atoms with van der Waals surface area (Å²) in [5.74, 6) is 1.52. The Bertz CT molecular complexity index is 1580. The van der Waals surface area contributed by atoms with Gasteiger partial charge >= 0.3 is 0 Å². The minimum atomic E-state index is -1.43. The van der Waals surface area contributed by atoms with Crippen LogP contribution in [0.25, 0.3) is 0 Å². The molecule has 0 amide bonds. The number of benzene rings is 4. The normalized spacial score (nSPS) is 13.6. The Morgan fingerprint density at radius 2 is 0.935 bits per heavy atom. The standard InChI is InChI=1S/C34H38O12/c1-40-22-9-5-7-11-24(22)44-29-17-21(16-28(43-4)34(29)39)33(38)31(19-36)46-26-14-13-20(15-27(26)42-3)32(37)30(18-35)45-25-12-8-6-10-23(25)41-2/h5-17,30-33,35-39H,18-19H2,1-4H3. The van der Waals surface area contributed by atoms with Crippen LogP contribution < -0.4 is 33.2 Å². The highest BCUT2D eigenvalue weighted by Gasteiger charge is 2.28. The Morgan fingerprint density at radius 3 is 1.48 bits per heavy atom. The van der Waals surface area contributed by atoms with E-state index in [0.29, 0.717) is 28.6 Å². The first kappa shape index (κ1) is 34.0. The number of aliphatic hydroxyl groups excluding tert-OH is 4. The number of methoxy groups -OCH3 is 4. The lowest BCUT2D eigenvalue weighted by Gasteiger charge is -2.26. The Labute approximate surface area is 266 Å². The van der Waals surface area contributed by atoms with Crippen LogP contribution in [0.4, 0.5) is 0 Å². The number of hydrogen-bond donors (Lipinski definition) is 5. The molecule has 0 bridgehead atoms. The summed E-state index contributed by atoms with van der Waals surface area (Å²) >= 11 is 0. The molecule has 246 valence electrons. The van der Waals surface area contributed by atoms with E-state index in [1.165, 1.54) is 52.7 Å². The molecule has 46 heavy (non-hydrogen) atoms. The van der Waals surface area contributed by atoms with Crippen molar-refractivity contribution in [3.63, 3.8) is 0 Å². The van der Waals surface area contributed by atoms with Gasteiger partial charge < -0.3 is 58.7 Å². The van der Waals surface area contributed by atoms with Crippen molar-refractivity contribution in [2.45, 2.75) is 24.4 Å². The van der Waals surface area contributed by atoms with Crippen molar-refractivity contribution in [2.24, 2.45) is 0 Å². The molecule has 0 aliphatic heterocycles. The van der Waals surface area contributed by atoms with E-state index in [0.717, 1.165) is 0 Å². The van der Waals surface area contributed by atoms with Crippen molar-refractivity contribution >= 4 is 0 Å². The van der Waals surface area contributed by atoms with Gasteiger partial charge in [-0.2, -0.15) is 0 Å². The molecule has 0 aliphatic rings. The molecule has 0 heterocycles. The Kier molecular flexibility index (Phi) is 11.8. The van der Waals surface area contributed by atoms with E-state index >= 15 is 0 Å². The number of phenols is 1. The topological polar surface area (TPSA) is 166 Å². The van der Waals surface area contributed by atoms with Crippen molar-refractivity contribution < 1.29 is 58.7 Å². The number of ether oxygens (including phenoxy) is 7. The molecular weight excluding hydrogens is 600 g/mol. The van der Waals surface area contributed by atoms with Crippen molar-refractivity contribution in [3.8, 4) is 51.7 Å². The van der Waals surface area contributed by atoms with Crippen LogP contribution in [-0.4, -0.2) is 79.4 Å². The molecule has 12 heteroatoms. The molecular formula is C34H38O12. The van der Waals surface area contributed by atoms with E-state index in [1.54, 1.807) is 54.6 Å². The SMILES string of the molecule is COc1ccccc1Oc1cc(C(O)C(CO)Oc2ccc(C(O)C(CO)Oc3ccccc3OC)cc2OC)cc(OC)c1O. The molecule has 0 fully saturated rings. The van der Waals surface area contributed by atoms with Gasteiger partial charge in [-0.25, -0.2) is 0 Å². The summed E-state index contributed by atoms with van der Waals surface area (Å²) in [5, 5.41) is 53.3. The van der Waals surface area contributed by atoms with E-state index < -0.39 is 37.6 Å². The fourth-order valence-electron chi connectivity index (χ4n) is 4.67. The molecule has 0 aliphatic carbocycles. The molecule has 4 rings (SSSR count). The quantitative estimate of drug-likeness (QED) is 0.119. The zero-order chi connectivity index (χ0) is 33.2. The van der Waals surface area contributed by atoms with E-state index in [2.05, 4.69) is 0 Å². The largest absolute Gasteiger partial charge is 0.502 e. The van der Waals surface area contributed by atoms with Gasteiger partial charge in [-0.15, -0.1) is 0 Å². The fourth-order valence-corrected chi connectivity index (χ4v) is 4.67. The third-order valence-electron chi connectivity index (χ3n) is 7.13. The van der Waals surface area contributed by atoms with Gasteiger partial charge in [0.2, 0.25) is 5.75 Å². The average Bonchev–Trinajstić information content (AvgIpc) is 3.10. The molecule has 0 saturated carbocycles. The highest BCUT2D eigenvalue weighted by molar-refractivity contribution is 5.56. The Balaban J connectivity index is 1.57. The highest BCUT2D eigenvalue weighted by atomic mass is 16.5. The molecule has 5 N–H and O–H groups in total. The Hall–Kier alpha value is -4.88. The van der Waals surface area contributed by atoms with Crippen LogP contribution in [0.15, 0.2) is 78.9 Å². The minimum Gasteiger partial charge on any atom is -0.502 e. The first-order valence-electron chi connectivity index (χ1n) is 14.2. The van der Waals surface area contributed by atoms with Gasteiger partial charge in [0.05, 0.1) is 41.7 Å². The molecule has 12 nitrogen and oxygen atoms in total. The molecule has 4 aromatic carbocycles. The van der Waals surface area contributed by atoms with E-state index in [-0.39, 0.29) is 34.3 Å². The van der Waals surface area contributed by atoms with Crippen LogP contribution in [0.3, 0.4) is 0 Å². The van der Waals surface area contributed by atoms with Crippen molar-refractivity contribution in [3.05, 3.63) is 90.0 Å². The third kappa shape index (κ3) is 7.66. The number of hydrogen-bond acceptors (Lipinski definition) is 12. The van der Waals surface area contributed by atoms with Crippen LogP contribution in [0.2, 0.25) is 0 Å². The van der Waals surface area contributed by atoms with E-state index in [1.807, 2.05) is 0 Å². The first-order chi connectivity index (χ1) is 22.3. The fraction of sp³-hybridized carbons (Fsp3) is 0.294. The summed E-state index contributed by atoms with van der Waals surface area (Å²) in [6, 6.07) is 21.0. The molecule has 4 aromatic rings. The van der Waals surface area contributed by atoms with Gasteiger partial charge in [-0.3, -0.25) is 0 Å². The summed E-state index contributed by atoms with van der Waals surface area (Å²) < 4.78 is 39.1. The lowest BCUT2D eigenvalue weighted by atomic mass is 10.0. The van der Waals surface area contributed by atoms with Gasteiger partial charge in [0.1, 0.15) is 12.2 Å². The highest BCUT2D eigenvalue weighted by Crippen LogP contribution is 2.44. The lowest BCUT2D eigenvalue weighted by Crippen LogP contribution is -2.30. The molecule has 0 saturated heterocycles. The predicted molar refractivity (Wildman–Crippen MR) is 167 cm³/mol. The second-order valence-electron chi connectivity index (χ2n) is 9.95. The minimum absolute atomic E-state index is 0.0165. The van der Waals surface area contributed by atoms with Crippen molar-refractivity contribution in [1.29, 1.82) is 0 Å². The van der Waals surface area contributed by atoms with Gasteiger partial charge in [-0.05, 0) is 59.7 Å². The maximum Gasteiger partial charge on any atom is 0.201 e. The van der Waals surface area contributed by atoms with Crippen molar-refractivity contribution in [1.82, 2.24) is 0 Å². The number of rotatable bonds is 16. The maximum absolute atomic E-state index is 11.3. The summed E-state index contributed by atoms with van der Waals surface area (Å²) in [6.07, 6.45) is -4.96. The second-order valence-corrected chi connectivity index (χ2v) is 9.95. The Morgan fingerprint density at radius 1 is 0.500 bits per heavy atom. The van der Waals surface area contributed by atoms with Gasteiger partial charge in [0.25, 0.3) is 0 Å². The number of phenolic OH excluding ortho intramolecular Hbond substituents is 1. The summed E-state index contributed by atoms with van der Waals surface area (Å²) in [6.45, 7) is -1.11. The number of aromatic hydroxyl groups is 1. The summed E-state index contributed by atoms with van der Waals surface area (Å²) in [7, 11) is 5.71. The zero-order valence-electron chi connectivity index (χ0n) is 25.8. The van der Waals surface area contributed by atoms with Crippen LogP contribution in [0.5, 0.6) is 51.7 Å². The smallest absolute Gasteiger partial charge is 0.201 e. The lowest BCUT2D eigenvalue weighted by molar-refractivity contribution is -0.00271. The van der Waals surface area contributed by atoms with E-state index in [9.17, 15) is 25.5 Å². The molecule has 4 atom stereocenters. The van der Waals surface area contributed by atoms with Gasteiger partial charge in [0.15, 0.2) is 58.2 Å². The monoisotopic (exact) mass is 638 g/mol. The van der Waals surface area contributed by atoms with Crippen molar-refractivity contribution in [2.75, 3.05) is 41.7 Å². The predicted octanol–water partition coefficient (Wildman–Crippen LogP) is 4.17. The van der Waals surface area contributed by atoms with E-state index in [4.69, 9.17) is 33.2 Å². The van der Waals surface area contributed by atoms with Crippen LogP contribution in [0.1, 0.15) is 23.3 Å². The van der Waals surface area contributed by atoms with Crippen LogP contribution in [-0.2, 0) is 0 Å². The number of para-hydroxylation sites is 4. The maximum atomic E-state index is 11.3. The first-order valence-corrected chi connectivity index (χ1v) is 14.2. The molecule has 0 aromatic heterocycles. The second kappa shape index (κ2) is 15.9. The number of aliphatic hydroxyl groups is 4. The van der Waals surface area contributed by atoms with Gasteiger partial charge in [-0.1, -0.05) is 30.3 Å². The summed E-state index contributed by atoms with van der Waals surface area (Å²) in [4.78, 5) is 0. The zero-order valence-corrected chi connectivity index (χ0v) is 25.8. The summed E-state index contributed by atoms with van der Waals surface area (Å²) in [5.41, 5.74) is 0.560. The van der Waals surface area contributed by atoms with Crippen LogP contribution >= 0.6 is 0 Å². The average molecular weight is 639 g/mol. The molecule has 0 spiro atoms. The van der Waals surface area contributed by atoms with Crippen LogP contribution in [0, 0.1) is 0 Å². The molecule has 0 radical (unpaired) electrons.